The SMILES string of the molecule is COc1ccc(OCc2cc(Br)ccc2F)cc1N. The summed E-state index contributed by atoms with van der Waals surface area (Å²) in [6.07, 6.45) is 0. The lowest BCUT2D eigenvalue weighted by molar-refractivity contribution is 0.299. The number of hydrogen-bond donors (Lipinski definition) is 1. The molecular weight excluding hydrogens is 313 g/mol. The summed E-state index contributed by atoms with van der Waals surface area (Å²) in [5.74, 6) is 0.850. The Balaban J connectivity index is 2.10. The van der Waals surface area contributed by atoms with Crippen molar-refractivity contribution in [1.29, 1.82) is 0 Å². The number of nitrogens with two attached hydrogens (primary N) is 1. The molecule has 0 spiro atoms. The lowest BCUT2D eigenvalue weighted by Gasteiger charge is -2.10. The maximum atomic E-state index is 13.5. The summed E-state index contributed by atoms with van der Waals surface area (Å²) < 4.78 is 24.9. The minimum atomic E-state index is -0.301. The van der Waals surface area contributed by atoms with Gasteiger partial charge in [-0.1, -0.05) is 15.9 Å². The Labute approximate surface area is 119 Å². The molecule has 0 saturated heterocycles. The number of rotatable bonds is 4. The van der Waals surface area contributed by atoms with Crippen LogP contribution in [0.4, 0.5) is 10.1 Å². The molecule has 0 radical (unpaired) electrons. The van der Waals surface area contributed by atoms with E-state index in [2.05, 4.69) is 15.9 Å². The molecule has 0 amide bonds. The third-order valence-corrected chi connectivity index (χ3v) is 3.10. The van der Waals surface area contributed by atoms with Gasteiger partial charge in [-0.2, -0.15) is 0 Å². The Hall–Kier alpha value is -1.75. The molecular formula is C14H13BrFNO2. The summed E-state index contributed by atoms with van der Waals surface area (Å²) in [4.78, 5) is 0. The van der Waals surface area contributed by atoms with Gasteiger partial charge in [-0.05, 0) is 30.3 Å². The van der Waals surface area contributed by atoms with Crippen LogP contribution >= 0.6 is 15.9 Å². The lowest BCUT2D eigenvalue weighted by Crippen LogP contribution is -2.00. The van der Waals surface area contributed by atoms with Crippen molar-refractivity contribution >= 4 is 21.6 Å². The number of anilines is 1. The Morgan fingerprint density at radius 1 is 1.21 bits per heavy atom. The van der Waals surface area contributed by atoms with Crippen molar-refractivity contribution in [1.82, 2.24) is 0 Å². The number of hydrogen-bond acceptors (Lipinski definition) is 3. The van der Waals surface area contributed by atoms with Crippen molar-refractivity contribution in [2.75, 3.05) is 12.8 Å². The first-order valence-corrected chi connectivity index (χ1v) is 6.39. The summed E-state index contributed by atoms with van der Waals surface area (Å²) in [7, 11) is 1.54. The molecule has 19 heavy (non-hydrogen) atoms. The second-order valence-corrected chi connectivity index (χ2v) is 4.84. The van der Waals surface area contributed by atoms with E-state index in [0.29, 0.717) is 22.7 Å². The number of methoxy groups -OCH3 is 1. The number of halogens is 2. The molecule has 0 heterocycles. The van der Waals surface area contributed by atoms with E-state index in [0.717, 1.165) is 4.47 Å². The van der Waals surface area contributed by atoms with Crippen molar-refractivity contribution < 1.29 is 13.9 Å². The highest BCUT2D eigenvalue weighted by molar-refractivity contribution is 9.10. The monoisotopic (exact) mass is 325 g/mol. The molecule has 2 N–H and O–H groups in total. The smallest absolute Gasteiger partial charge is 0.142 e. The predicted octanol–water partition coefficient (Wildman–Crippen LogP) is 3.76. The third kappa shape index (κ3) is 3.38. The van der Waals surface area contributed by atoms with Gasteiger partial charge >= 0.3 is 0 Å². The molecule has 100 valence electrons. The van der Waals surface area contributed by atoms with Crippen LogP contribution in [-0.4, -0.2) is 7.11 Å². The average Bonchev–Trinajstić information content (AvgIpc) is 2.40. The molecule has 2 aromatic rings. The molecule has 2 rings (SSSR count). The van der Waals surface area contributed by atoms with Gasteiger partial charge in [0.25, 0.3) is 0 Å². The summed E-state index contributed by atoms with van der Waals surface area (Å²) in [5, 5.41) is 0. The normalized spacial score (nSPS) is 10.3. The van der Waals surface area contributed by atoms with Gasteiger partial charge in [0.1, 0.15) is 23.9 Å². The van der Waals surface area contributed by atoms with Gasteiger partial charge in [-0.15, -0.1) is 0 Å². The summed E-state index contributed by atoms with van der Waals surface area (Å²) in [6.45, 7) is 0.136. The van der Waals surface area contributed by atoms with E-state index in [1.165, 1.54) is 6.07 Å². The fourth-order valence-corrected chi connectivity index (χ4v) is 2.03. The highest BCUT2D eigenvalue weighted by atomic mass is 79.9. The van der Waals surface area contributed by atoms with Crippen molar-refractivity contribution in [2.24, 2.45) is 0 Å². The van der Waals surface area contributed by atoms with Crippen molar-refractivity contribution in [3.63, 3.8) is 0 Å². The fourth-order valence-electron chi connectivity index (χ4n) is 1.62. The van der Waals surface area contributed by atoms with E-state index in [-0.39, 0.29) is 12.4 Å². The zero-order chi connectivity index (χ0) is 13.8. The Morgan fingerprint density at radius 2 is 2.00 bits per heavy atom. The second kappa shape index (κ2) is 5.93. The van der Waals surface area contributed by atoms with Crippen molar-refractivity contribution in [3.05, 3.63) is 52.3 Å². The van der Waals surface area contributed by atoms with Gasteiger partial charge in [0.2, 0.25) is 0 Å². The van der Waals surface area contributed by atoms with E-state index in [1.807, 2.05) is 0 Å². The van der Waals surface area contributed by atoms with E-state index >= 15 is 0 Å². The number of nitrogen functional groups attached to an aromatic ring is 1. The van der Waals surface area contributed by atoms with Gasteiger partial charge < -0.3 is 15.2 Å². The summed E-state index contributed by atoms with van der Waals surface area (Å²) in [6, 6.07) is 9.80. The maximum Gasteiger partial charge on any atom is 0.142 e. The number of ether oxygens (including phenoxy) is 2. The summed E-state index contributed by atoms with van der Waals surface area (Å²) in [5.41, 5.74) is 6.73. The van der Waals surface area contributed by atoms with E-state index in [1.54, 1.807) is 37.4 Å². The molecule has 0 fully saturated rings. The lowest BCUT2D eigenvalue weighted by atomic mass is 10.2. The highest BCUT2D eigenvalue weighted by Crippen LogP contribution is 2.27. The summed E-state index contributed by atoms with van der Waals surface area (Å²) >= 11 is 3.29. The van der Waals surface area contributed by atoms with Crippen molar-refractivity contribution in [3.8, 4) is 11.5 Å². The van der Waals surface area contributed by atoms with E-state index < -0.39 is 0 Å². The molecule has 0 unspecified atom stereocenters. The highest BCUT2D eigenvalue weighted by Gasteiger charge is 2.05. The van der Waals surface area contributed by atoms with Gasteiger partial charge in [0.15, 0.2) is 0 Å². The molecule has 0 aliphatic rings. The first-order chi connectivity index (χ1) is 9.10. The van der Waals surface area contributed by atoms with Crippen LogP contribution < -0.4 is 15.2 Å². The van der Waals surface area contributed by atoms with Gasteiger partial charge in [-0.25, -0.2) is 4.39 Å². The molecule has 0 aromatic heterocycles. The predicted molar refractivity (Wildman–Crippen MR) is 75.8 cm³/mol. The van der Waals surface area contributed by atoms with E-state index in [9.17, 15) is 4.39 Å². The molecule has 5 heteroatoms. The molecule has 3 nitrogen and oxygen atoms in total. The topological polar surface area (TPSA) is 44.5 Å². The third-order valence-electron chi connectivity index (χ3n) is 2.60. The number of benzene rings is 2. The molecule has 0 saturated carbocycles. The minimum absolute atomic E-state index is 0.136. The Morgan fingerprint density at radius 3 is 2.68 bits per heavy atom. The van der Waals surface area contributed by atoms with Crippen molar-refractivity contribution in [2.45, 2.75) is 6.61 Å². The first kappa shape index (κ1) is 13.7. The van der Waals surface area contributed by atoms with Gasteiger partial charge in [0, 0.05) is 16.1 Å². The van der Waals surface area contributed by atoms with Crippen LogP contribution in [0.5, 0.6) is 11.5 Å². The Kier molecular flexibility index (Phi) is 4.27. The van der Waals surface area contributed by atoms with Crippen LogP contribution in [0, 0.1) is 5.82 Å². The molecule has 0 atom stereocenters. The first-order valence-electron chi connectivity index (χ1n) is 5.60. The molecule has 0 aliphatic heterocycles. The molecule has 2 aromatic carbocycles. The zero-order valence-electron chi connectivity index (χ0n) is 10.3. The van der Waals surface area contributed by atoms with Gasteiger partial charge in [-0.3, -0.25) is 0 Å². The quantitative estimate of drug-likeness (QED) is 0.870. The van der Waals surface area contributed by atoms with Crippen LogP contribution in [0.1, 0.15) is 5.56 Å². The van der Waals surface area contributed by atoms with Crippen LogP contribution in [0.3, 0.4) is 0 Å². The van der Waals surface area contributed by atoms with Crippen LogP contribution in [0.25, 0.3) is 0 Å². The molecule has 0 bridgehead atoms. The van der Waals surface area contributed by atoms with Crippen LogP contribution in [-0.2, 0) is 6.61 Å². The largest absolute Gasteiger partial charge is 0.495 e. The van der Waals surface area contributed by atoms with Crippen LogP contribution in [0.15, 0.2) is 40.9 Å². The average molecular weight is 326 g/mol. The zero-order valence-corrected chi connectivity index (χ0v) is 11.9. The Bertz CT molecular complexity index is 590. The molecule has 0 aliphatic carbocycles. The second-order valence-electron chi connectivity index (χ2n) is 3.93. The minimum Gasteiger partial charge on any atom is -0.495 e. The maximum absolute atomic E-state index is 13.5. The standard InChI is InChI=1S/C14H13BrFNO2/c1-18-14-5-3-11(7-13(14)17)19-8-9-6-10(15)2-4-12(9)16/h2-7H,8,17H2,1H3. The fraction of sp³-hybridized carbons (Fsp3) is 0.143. The van der Waals surface area contributed by atoms with Gasteiger partial charge in [0.05, 0.1) is 12.8 Å². The van der Waals surface area contributed by atoms with E-state index in [4.69, 9.17) is 15.2 Å². The van der Waals surface area contributed by atoms with Crippen LogP contribution in [0.2, 0.25) is 0 Å².